The van der Waals surface area contributed by atoms with Gasteiger partial charge in [-0.1, -0.05) is 38.3 Å². The smallest absolute Gasteiger partial charge is 0.235 e. The normalized spacial score (nSPS) is 21.7. The summed E-state index contributed by atoms with van der Waals surface area (Å²) in [4.78, 5) is 0. The summed E-state index contributed by atoms with van der Waals surface area (Å²) in [6.07, 6.45) is 5.95. The van der Waals surface area contributed by atoms with E-state index in [1.807, 2.05) is 6.92 Å². The highest BCUT2D eigenvalue weighted by Crippen LogP contribution is 2.30. The van der Waals surface area contributed by atoms with Crippen LogP contribution in [-0.4, -0.2) is 13.7 Å². The molecular formula is C20H26F2N2O2S. The Morgan fingerprint density at radius 2 is 1.74 bits per heavy atom. The number of sulfonamides is 1. The van der Waals surface area contributed by atoms with Gasteiger partial charge in [0.15, 0.2) is 0 Å². The van der Waals surface area contributed by atoms with Crippen molar-refractivity contribution in [1.82, 2.24) is 10.0 Å². The first-order chi connectivity index (χ1) is 12.8. The predicted octanol–water partition coefficient (Wildman–Crippen LogP) is 4.27. The molecule has 0 saturated heterocycles. The van der Waals surface area contributed by atoms with Crippen molar-refractivity contribution in [3.8, 4) is 0 Å². The van der Waals surface area contributed by atoms with E-state index in [1.165, 1.54) is 18.2 Å². The van der Waals surface area contributed by atoms with Crippen molar-refractivity contribution in [1.29, 1.82) is 0 Å². The SMILES string of the molecule is CC1CC(NS(=O)(=O)C2CCCCC2)=CC(F)=C1NCc1ccc(F)cc1. The Morgan fingerprint density at radius 3 is 2.37 bits per heavy atom. The van der Waals surface area contributed by atoms with E-state index in [9.17, 15) is 17.2 Å². The van der Waals surface area contributed by atoms with Crippen LogP contribution in [0, 0.1) is 11.7 Å². The maximum atomic E-state index is 14.6. The van der Waals surface area contributed by atoms with E-state index in [2.05, 4.69) is 10.0 Å². The summed E-state index contributed by atoms with van der Waals surface area (Å²) >= 11 is 0. The molecule has 1 aromatic carbocycles. The second-order valence-corrected chi connectivity index (χ2v) is 9.38. The van der Waals surface area contributed by atoms with Gasteiger partial charge in [-0.3, -0.25) is 4.72 Å². The molecule has 27 heavy (non-hydrogen) atoms. The van der Waals surface area contributed by atoms with Crippen molar-refractivity contribution >= 4 is 10.0 Å². The summed E-state index contributed by atoms with van der Waals surface area (Å²) in [5, 5.41) is 2.68. The number of nitrogens with one attached hydrogen (secondary N) is 2. The van der Waals surface area contributed by atoms with Crippen LogP contribution in [-0.2, 0) is 16.6 Å². The van der Waals surface area contributed by atoms with E-state index in [0.717, 1.165) is 24.8 Å². The second-order valence-electron chi connectivity index (χ2n) is 7.42. The van der Waals surface area contributed by atoms with Crippen LogP contribution in [0.3, 0.4) is 0 Å². The van der Waals surface area contributed by atoms with Crippen molar-refractivity contribution in [3.63, 3.8) is 0 Å². The Labute approximate surface area is 159 Å². The Hall–Kier alpha value is -1.89. The van der Waals surface area contributed by atoms with Gasteiger partial charge in [-0.25, -0.2) is 17.2 Å². The Kier molecular flexibility index (Phi) is 6.19. The molecule has 0 heterocycles. The molecule has 4 nitrogen and oxygen atoms in total. The second kappa shape index (κ2) is 8.42. The molecule has 0 amide bonds. The van der Waals surface area contributed by atoms with Gasteiger partial charge in [-0.2, -0.15) is 0 Å². The van der Waals surface area contributed by atoms with E-state index in [0.29, 0.717) is 37.2 Å². The van der Waals surface area contributed by atoms with Crippen LogP contribution < -0.4 is 10.0 Å². The zero-order chi connectivity index (χ0) is 19.4. The summed E-state index contributed by atoms with van der Waals surface area (Å²) in [5.74, 6) is -0.954. The Balaban J connectivity index is 1.67. The van der Waals surface area contributed by atoms with Gasteiger partial charge in [-0.05, 0) is 43.0 Å². The standard InChI is InChI=1S/C20H26F2N2O2S/c1-14-11-17(24-27(25,26)18-5-3-2-4-6-18)12-19(22)20(14)23-13-15-7-9-16(21)10-8-15/h7-10,12,14,18,23-24H,2-6,11,13H2,1H3. The van der Waals surface area contributed by atoms with Crippen LogP contribution in [0.25, 0.3) is 0 Å². The molecule has 7 heteroatoms. The van der Waals surface area contributed by atoms with Crippen LogP contribution >= 0.6 is 0 Å². The molecule has 0 aromatic heterocycles. The highest BCUT2D eigenvalue weighted by atomic mass is 32.2. The van der Waals surface area contributed by atoms with Gasteiger partial charge in [-0.15, -0.1) is 0 Å². The van der Waals surface area contributed by atoms with Crippen LogP contribution in [0.15, 0.2) is 47.6 Å². The minimum Gasteiger partial charge on any atom is -0.382 e. The first-order valence-corrected chi connectivity index (χ1v) is 11.0. The van der Waals surface area contributed by atoms with Crippen LogP contribution in [0.2, 0.25) is 0 Å². The minimum atomic E-state index is -3.47. The van der Waals surface area contributed by atoms with Gasteiger partial charge in [0.25, 0.3) is 0 Å². The zero-order valence-corrected chi connectivity index (χ0v) is 16.3. The first-order valence-electron chi connectivity index (χ1n) is 9.45. The lowest BCUT2D eigenvalue weighted by Gasteiger charge is -2.27. The average Bonchev–Trinajstić information content (AvgIpc) is 2.63. The lowest BCUT2D eigenvalue weighted by molar-refractivity contribution is 0.476. The molecule has 0 radical (unpaired) electrons. The maximum absolute atomic E-state index is 14.6. The maximum Gasteiger partial charge on any atom is 0.235 e. The number of allylic oxidation sites excluding steroid dienone is 4. The fourth-order valence-corrected chi connectivity index (χ4v) is 5.36. The van der Waals surface area contributed by atoms with Crippen LogP contribution in [0.1, 0.15) is 51.0 Å². The molecule has 1 fully saturated rings. The molecule has 0 aliphatic heterocycles. The van der Waals surface area contributed by atoms with E-state index in [4.69, 9.17) is 0 Å². The zero-order valence-electron chi connectivity index (χ0n) is 15.5. The van der Waals surface area contributed by atoms with Gasteiger partial charge in [0.05, 0.1) is 10.9 Å². The quantitative estimate of drug-likeness (QED) is 0.755. The molecular weight excluding hydrogens is 370 g/mol. The Morgan fingerprint density at radius 1 is 1.07 bits per heavy atom. The molecule has 2 N–H and O–H groups in total. The molecule has 0 bridgehead atoms. The molecule has 3 rings (SSSR count). The van der Waals surface area contributed by atoms with E-state index in [1.54, 1.807) is 12.1 Å². The van der Waals surface area contributed by atoms with Crippen molar-refractivity contribution in [2.24, 2.45) is 5.92 Å². The van der Waals surface area contributed by atoms with Crippen LogP contribution in [0.4, 0.5) is 8.78 Å². The third kappa shape index (κ3) is 5.09. The number of hydrogen-bond donors (Lipinski definition) is 2. The molecule has 1 atom stereocenters. The lowest BCUT2D eigenvalue weighted by atomic mass is 9.96. The van der Waals surface area contributed by atoms with Gasteiger partial charge < -0.3 is 5.32 Å². The third-order valence-electron chi connectivity index (χ3n) is 5.24. The fourth-order valence-electron chi connectivity index (χ4n) is 3.73. The molecule has 148 valence electrons. The van der Waals surface area contributed by atoms with E-state index < -0.39 is 15.9 Å². The number of hydrogen-bond acceptors (Lipinski definition) is 3. The highest BCUT2D eigenvalue weighted by Gasteiger charge is 2.30. The van der Waals surface area contributed by atoms with E-state index in [-0.39, 0.29) is 17.0 Å². The van der Waals surface area contributed by atoms with Crippen molar-refractivity contribution in [2.45, 2.75) is 57.2 Å². The number of rotatable bonds is 6. The monoisotopic (exact) mass is 396 g/mol. The third-order valence-corrected chi connectivity index (χ3v) is 7.13. The van der Waals surface area contributed by atoms with Crippen molar-refractivity contribution in [2.75, 3.05) is 0 Å². The first kappa shape index (κ1) is 19.9. The molecule has 1 unspecified atom stereocenters. The molecule has 1 saturated carbocycles. The van der Waals surface area contributed by atoms with Gasteiger partial charge in [0.1, 0.15) is 11.6 Å². The Bertz CT molecular complexity index is 826. The van der Waals surface area contributed by atoms with Gasteiger partial charge >= 0.3 is 0 Å². The summed E-state index contributed by atoms with van der Waals surface area (Å²) in [6.45, 7) is 2.23. The predicted molar refractivity (Wildman–Crippen MR) is 102 cm³/mol. The fraction of sp³-hybridized carbons (Fsp3) is 0.500. The van der Waals surface area contributed by atoms with Crippen molar-refractivity contribution < 1.29 is 17.2 Å². The number of halogens is 2. The molecule has 2 aliphatic rings. The van der Waals surface area contributed by atoms with E-state index >= 15 is 0 Å². The largest absolute Gasteiger partial charge is 0.382 e. The molecule has 0 spiro atoms. The summed E-state index contributed by atoms with van der Waals surface area (Å²) in [5.41, 5.74) is 1.69. The summed E-state index contributed by atoms with van der Waals surface area (Å²) in [6, 6.07) is 6.02. The summed E-state index contributed by atoms with van der Waals surface area (Å²) in [7, 11) is -3.47. The summed E-state index contributed by atoms with van der Waals surface area (Å²) < 4.78 is 55.3. The minimum absolute atomic E-state index is 0.181. The topological polar surface area (TPSA) is 58.2 Å². The van der Waals surface area contributed by atoms with Gasteiger partial charge in [0, 0.05) is 18.2 Å². The average molecular weight is 397 g/mol. The highest BCUT2D eigenvalue weighted by molar-refractivity contribution is 7.90. The molecule has 1 aromatic rings. The van der Waals surface area contributed by atoms with Crippen LogP contribution in [0.5, 0.6) is 0 Å². The lowest BCUT2D eigenvalue weighted by Crippen LogP contribution is -2.36. The molecule has 2 aliphatic carbocycles. The van der Waals surface area contributed by atoms with Gasteiger partial charge in [0.2, 0.25) is 10.0 Å². The number of benzene rings is 1. The van der Waals surface area contributed by atoms with Crippen molar-refractivity contribution in [3.05, 3.63) is 58.9 Å².